The highest BCUT2D eigenvalue weighted by atomic mass is 35.5. The van der Waals surface area contributed by atoms with Gasteiger partial charge in [0, 0.05) is 30.7 Å². The van der Waals surface area contributed by atoms with Crippen molar-refractivity contribution in [2.24, 2.45) is 10.4 Å². The van der Waals surface area contributed by atoms with E-state index >= 15 is 0 Å². The van der Waals surface area contributed by atoms with Crippen LogP contribution in [0.1, 0.15) is 19.4 Å². The highest BCUT2D eigenvalue weighted by Gasteiger charge is 2.41. The molecule has 0 aromatic heterocycles. The zero-order valence-corrected chi connectivity index (χ0v) is 17.5. The monoisotopic (exact) mass is 413 g/mol. The van der Waals surface area contributed by atoms with E-state index in [9.17, 15) is 4.79 Å². The molecule has 0 radical (unpaired) electrons. The number of piperazine rings is 1. The molecule has 2 heterocycles. The predicted molar refractivity (Wildman–Crippen MR) is 113 cm³/mol. The van der Waals surface area contributed by atoms with Crippen LogP contribution in [0.2, 0.25) is 5.02 Å². The molecule has 1 atom stereocenters. The van der Waals surface area contributed by atoms with Crippen LogP contribution in [0.3, 0.4) is 0 Å². The number of benzene rings is 2. The van der Waals surface area contributed by atoms with E-state index in [1.54, 1.807) is 12.1 Å². The number of amidine groups is 1. The molecule has 1 N–H and O–H groups in total. The Morgan fingerprint density at radius 2 is 2.07 bits per heavy atom. The quantitative estimate of drug-likeness (QED) is 0.754. The molecule has 0 spiro atoms. The summed E-state index contributed by atoms with van der Waals surface area (Å²) in [5, 5.41) is 4.06. The first kappa shape index (κ1) is 19.7. The van der Waals surface area contributed by atoms with E-state index in [2.05, 4.69) is 10.2 Å². The van der Waals surface area contributed by atoms with Crippen LogP contribution in [0.4, 0.5) is 5.69 Å². The summed E-state index contributed by atoms with van der Waals surface area (Å²) < 4.78 is 11.2. The Morgan fingerprint density at radius 3 is 2.86 bits per heavy atom. The van der Waals surface area contributed by atoms with Gasteiger partial charge in [-0.1, -0.05) is 23.7 Å². The van der Waals surface area contributed by atoms with Gasteiger partial charge in [0.25, 0.3) is 0 Å². The van der Waals surface area contributed by atoms with Crippen LogP contribution in [-0.4, -0.2) is 49.5 Å². The van der Waals surface area contributed by atoms with Gasteiger partial charge in [-0.05, 0) is 44.2 Å². The zero-order valence-electron chi connectivity index (χ0n) is 16.7. The number of halogens is 1. The molecule has 2 aromatic rings. The Morgan fingerprint density at radius 1 is 1.28 bits per heavy atom. The second kappa shape index (κ2) is 7.69. The third-order valence-electron chi connectivity index (χ3n) is 5.55. The summed E-state index contributed by atoms with van der Waals surface area (Å²) >= 11 is 6.21. The Balaban J connectivity index is 1.75. The number of carbonyl (C=O) groups is 1. The van der Waals surface area contributed by atoms with Crippen molar-refractivity contribution in [2.75, 3.05) is 26.7 Å². The van der Waals surface area contributed by atoms with Crippen molar-refractivity contribution in [3.05, 3.63) is 53.1 Å². The van der Waals surface area contributed by atoms with Crippen LogP contribution in [0.25, 0.3) is 0 Å². The summed E-state index contributed by atoms with van der Waals surface area (Å²) in [5.74, 6) is 1.99. The van der Waals surface area contributed by atoms with E-state index in [1.165, 1.54) is 7.11 Å². The van der Waals surface area contributed by atoms with Crippen molar-refractivity contribution in [1.82, 2.24) is 10.2 Å². The van der Waals surface area contributed by atoms with E-state index < -0.39 is 5.41 Å². The number of rotatable bonds is 2. The normalized spacial score (nSPS) is 18.7. The molecule has 152 valence electrons. The molecule has 0 saturated carbocycles. The third kappa shape index (κ3) is 3.70. The maximum atomic E-state index is 12.3. The maximum Gasteiger partial charge on any atom is 0.312 e. The molecule has 6 nitrogen and oxygen atoms in total. The summed E-state index contributed by atoms with van der Waals surface area (Å²) in [7, 11) is 1.42. The summed E-state index contributed by atoms with van der Waals surface area (Å²) in [6, 6.07) is 13.2. The first-order valence-electron chi connectivity index (χ1n) is 9.62. The number of aliphatic imine (C=N–C) groups is 1. The maximum absolute atomic E-state index is 12.3. The Labute approximate surface area is 175 Å². The fraction of sp³-hybridized carbons (Fsp3) is 0.364. The van der Waals surface area contributed by atoms with Crippen LogP contribution in [0.5, 0.6) is 11.5 Å². The van der Waals surface area contributed by atoms with Crippen LogP contribution in [0.15, 0.2) is 47.5 Å². The summed E-state index contributed by atoms with van der Waals surface area (Å²) in [5.41, 5.74) is 0.929. The van der Waals surface area contributed by atoms with Gasteiger partial charge >= 0.3 is 5.97 Å². The molecule has 0 bridgehead atoms. The summed E-state index contributed by atoms with van der Waals surface area (Å²) in [4.78, 5) is 19.5. The van der Waals surface area contributed by atoms with Gasteiger partial charge in [-0.2, -0.15) is 0 Å². The second-order valence-corrected chi connectivity index (χ2v) is 8.25. The van der Waals surface area contributed by atoms with Crippen LogP contribution in [-0.2, 0) is 9.53 Å². The summed E-state index contributed by atoms with van der Waals surface area (Å²) in [6.45, 7) is 5.92. The fourth-order valence-electron chi connectivity index (χ4n) is 3.77. The van der Waals surface area contributed by atoms with Crippen molar-refractivity contribution < 1.29 is 14.3 Å². The van der Waals surface area contributed by atoms with Gasteiger partial charge in [0.2, 0.25) is 0 Å². The van der Waals surface area contributed by atoms with Gasteiger partial charge in [0.05, 0.1) is 18.1 Å². The minimum Gasteiger partial charge on any atom is -0.469 e. The number of hydrogen-bond acceptors (Lipinski definition) is 6. The Kier molecular flexibility index (Phi) is 5.23. The standard InChI is InChI=1S/C22H24ClN3O3/c1-22(2,21(27)28-3)19-13-26(11-10-24-19)20-15-6-4-5-7-17(15)29-18-9-8-14(23)12-16(18)25-20/h4-9,12,19,24H,10-11,13H2,1-3H3/t19-/m0/s1. The number of ether oxygens (including phenoxy) is 2. The van der Waals surface area contributed by atoms with Crippen molar-refractivity contribution in [3.8, 4) is 11.5 Å². The SMILES string of the molecule is COC(=O)C(C)(C)[C@@H]1CN(C2=Nc3cc(Cl)ccc3Oc3ccccc32)CCN1. The molecule has 4 rings (SSSR count). The van der Waals surface area contributed by atoms with Crippen molar-refractivity contribution in [2.45, 2.75) is 19.9 Å². The topological polar surface area (TPSA) is 63.2 Å². The molecule has 7 heteroatoms. The molecule has 1 saturated heterocycles. The zero-order chi connectivity index (χ0) is 20.6. The summed E-state index contributed by atoms with van der Waals surface area (Å²) in [6.07, 6.45) is 0. The van der Waals surface area contributed by atoms with E-state index in [1.807, 2.05) is 44.2 Å². The molecule has 0 amide bonds. The van der Waals surface area contributed by atoms with E-state index in [0.29, 0.717) is 23.0 Å². The number of fused-ring (bicyclic) bond motifs is 2. The number of esters is 1. The minimum absolute atomic E-state index is 0.0819. The Hall–Kier alpha value is -2.57. The molecule has 2 aromatic carbocycles. The van der Waals surface area contributed by atoms with Gasteiger partial charge in [-0.15, -0.1) is 0 Å². The Bertz CT molecular complexity index is 974. The highest BCUT2D eigenvalue weighted by Crippen LogP contribution is 2.39. The minimum atomic E-state index is -0.671. The van der Waals surface area contributed by atoms with Gasteiger partial charge in [-0.3, -0.25) is 4.79 Å². The van der Waals surface area contributed by atoms with E-state index in [-0.39, 0.29) is 12.0 Å². The highest BCUT2D eigenvalue weighted by molar-refractivity contribution is 6.31. The van der Waals surface area contributed by atoms with Gasteiger partial charge < -0.3 is 19.7 Å². The third-order valence-corrected chi connectivity index (χ3v) is 5.79. The molecular formula is C22H24ClN3O3. The van der Waals surface area contributed by atoms with Gasteiger partial charge in [0.1, 0.15) is 17.3 Å². The number of methoxy groups -OCH3 is 1. The van der Waals surface area contributed by atoms with Gasteiger partial charge in [-0.25, -0.2) is 4.99 Å². The van der Waals surface area contributed by atoms with Crippen molar-refractivity contribution in [3.63, 3.8) is 0 Å². The first-order valence-corrected chi connectivity index (χ1v) is 10.00. The largest absolute Gasteiger partial charge is 0.469 e. The smallest absolute Gasteiger partial charge is 0.312 e. The number of nitrogens with zero attached hydrogens (tertiary/aromatic N) is 2. The lowest BCUT2D eigenvalue weighted by atomic mass is 9.83. The van der Waals surface area contributed by atoms with Crippen molar-refractivity contribution >= 4 is 29.1 Å². The van der Waals surface area contributed by atoms with E-state index in [4.69, 9.17) is 26.1 Å². The number of para-hydroxylation sites is 1. The molecule has 0 unspecified atom stereocenters. The molecular weight excluding hydrogens is 390 g/mol. The molecule has 2 aliphatic rings. The lowest BCUT2D eigenvalue weighted by Crippen LogP contribution is -2.60. The predicted octanol–water partition coefficient (Wildman–Crippen LogP) is 4.00. The number of nitrogens with one attached hydrogen (secondary N) is 1. The average Bonchev–Trinajstić information content (AvgIpc) is 2.89. The van der Waals surface area contributed by atoms with E-state index in [0.717, 1.165) is 30.2 Å². The van der Waals surface area contributed by atoms with Crippen LogP contribution < -0.4 is 10.1 Å². The lowest BCUT2D eigenvalue weighted by Gasteiger charge is -2.41. The average molecular weight is 414 g/mol. The molecule has 29 heavy (non-hydrogen) atoms. The lowest BCUT2D eigenvalue weighted by molar-refractivity contribution is -0.153. The second-order valence-electron chi connectivity index (χ2n) is 7.81. The van der Waals surface area contributed by atoms with Crippen molar-refractivity contribution in [1.29, 1.82) is 0 Å². The molecule has 1 fully saturated rings. The number of carbonyl (C=O) groups excluding carboxylic acids is 1. The van der Waals surface area contributed by atoms with Gasteiger partial charge in [0.15, 0.2) is 5.75 Å². The number of hydrogen-bond donors (Lipinski definition) is 1. The van der Waals surface area contributed by atoms with Crippen LogP contribution >= 0.6 is 11.6 Å². The molecule has 0 aliphatic carbocycles. The molecule has 2 aliphatic heterocycles. The fourth-order valence-corrected chi connectivity index (χ4v) is 3.94. The first-order chi connectivity index (χ1) is 13.9. The van der Waals surface area contributed by atoms with Crippen LogP contribution in [0, 0.1) is 5.41 Å².